The fraction of sp³-hybridized carbons (Fsp3) is 0.250. The van der Waals surface area contributed by atoms with E-state index in [1.54, 1.807) is 0 Å². The van der Waals surface area contributed by atoms with Crippen molar-refractivity contribution in [3.8, 4) is 0 Å². The van der Waals surface area contributed by atoms with Gasteiger partial charge in [-0.1, -0.05) is 59.6 Å². The molecule has 2 heteroatoms. The van der Waals surface area contributed by atoms with Gasteiger partial charge in [-0.25, -0.2) is 0 Å². The van der Waals surface area contributed by atoms with E-state index in [4.69, 9.17) is 11.6 Å². The van der Waals surface area contributed by atoms with Crippen LogP contribution < -0.4 is 5.32 Å². The Morgan fingerprint density at radius 1 is 1.06 bits per heavy atom. The Bertz CT molecular complexity index is 505. The van der Waals surface area contributed by atoms with Crippen LogP contribution in [0.4, 0.5) is 0 Å². The molecule has 0 saturated heterocycles. The summed E-state index contributed by atoms with van der Waals surface area (Å²) in [7, 11) is 1.99. The van der Waals surface area contributed by atoms with Crippen LogP contribution in [0.3, 0.4) is 0 Å². The highest BCUT2D eigenvalue weighted by molar-refractivity contribution is 6.31. The largest absolute Gasteiger partial charge is 0.313 e. The summed E-state index contributed by atoms with van der Waals surface area (Å²) in [6.07, 6.45) is 0.902. The van der Waals surface area contributed by atoms with Crippen LogP contribution in [0.2, 0.25) is 5.02 Å². The van der Waals surface area contributed by atoms with E-state index in [0.717, 1.165) is 11.4 Å². The smallest absolute Gasteiger partial charge is 0.0438 e. The summed E-state index contributed by atoms with van der Waals surface area (Å²) < 4.78 is 0. The normalized spacial score (nSPS) is 12.4. The van der Waals surface area contributed by atoms with Gasteiger partial charge in [0.25, 0.3) is 0 Å². The van der Waals surface area contributed by atoms with Crippen molar-refractivity contribution in [2.45, 2.75) is 19.4 Å². The Balaban J connectivity index is 2.20. The van der Waals surface area contributed by atoms with E-state index >= 15 is 0 Å². The van der Waals surface area contributed by atoms with Gasteiger partial charge in [0.1, 0.15) is 0 Å². The maximum absolute atomic E-state index is 6.21. The molecule has 2 rings (SSSR count). The first-order valence-corrected chi connectivity index (χ1v) is 6.55. The van der Waals surface area contributed by atoms with Gasteiger partial charge in [0.2, 0.25) is 0 Å². The average Bonchev–Trinajstić information content (AvgIpc) is 2.39. The second-order valence-corrected chi connectivity index (χ2v) is 4.95. The number of aryl methyl sites for hydroxylation is 1. The third-order valence-corrected chi connectivity index (χ3v) is 3.58. The number of rotatable bonds is 4. The minimum Gasteiger partial charge on any atom is -0.313 e. The lowest BCUT2D eigenvalue weighted by atomic mass is 9.98. The number of halogens is 1. The first-order valence-electron chi connectivity index (χ1n) is 6.18. The molecule has 94 valence electrons. The second kappa shape index (κ2) is 6.03. The topological polar surface area (TPSA) is 12.0 Å². The van der Waals surface area contributed by atoms with Crippen LogP contribution in [0.5, 0.6) is 0 Å². The third-order valence-electron chi connectivity index (χ3n) is 3.21. The lowest BCUT2D eigenvalue weighted by molar-refractivity contribution is 0.592. The van der Waals surface area contributed by atoms with E-state index in [1.807, 2.05) is 25.2 Å². The summed E-state index contributed by atoms with van der Waals surface area (Å²) in [6.45, 7) is 2.10. The number of benzene rings is 2. The summed E-state index contributed by atoms with van der Waals surface area (Å²) in [5.74, 6) is 0. The quantitative estimate of drug-likeness (QED) is 0.870. The lowest BCUT2D eigenvalue weighted by Crippen LogP contribution is -2.18. The maximum atomic E-state index is 6.21. The Labute approximate surface area is 114 Å². The van der Waals surface area contributed by atoms with Crippen LogP contribution >= 0.6 is 11.6 Å². The molecule has 1 unspecified atom stereocenters. The highest BCUT2D eigenvalue weighted by Crippen LogP contribution is 2.23. The van der Waals surface area contributed by atoms with Gasteiger partial charge in [-0.3, -0.25) is 0 Å². The fourth-order valence-electron chi connectivity index (χ4n) is 2.07. The zero-order valence-corrected chi connectivity index (χ0v) is 11.5. The Morgan fingerprint density at radius 2 is 1.72 bits per heavy atom. The summed E-state index contributed by atoms with van der Waals surface area (Å²) in [5, 5.41) is 4.19. The molecule has 0 amide bonds. The Hall–Kier alpha value is -1.31. The zero-order valence-electron chi connectivity index (χ0n) is 10.8. The van der Waals surface area contributed by atoms with Gasteiger partial charge in [0, 0.05) is 11.1 Å². The van der Waals surface area contributed by atoms with Gasteiger partial charge >= 0.3 is 0 Å². The van der Waals surface area contributed by atoms with Gasteiger partial charge in [0.05, 0.1) is 0 Å². The number of nitrogens with one attached hydrogen (secondary N) is 1. The summed E-state index contributed by atoms with van der Waals surface area (Å²) in [4.78, 5) is 0. The van der Waals surface area contributed by atoms with Crippen molar-refractivity contribution in [2.24, 2.45) is 0 Å². The minimum atomic E-state index is 0.297. The molecule has 2 aromatic rings. The predicted molar refractivity (Wildman–Crippen MR) is 78.1 cm³/mol. The van der Waals surface area contributed by atoms with Crippen LogP contribution in [0.25, 0.3) is 0 Å². The maximum Gasteiger partial charge on any atom is 0.0438 e. The molecule has 0 aliphatic heterocycles. The van der Waals surface area contributed by atoms with Crippen LogP contribution in [-0.2, 0) is 6.42 Å². The molecule has 0 spiro atoms. The van der Waals surface area contributed by atoms with Crippen LogP contribution in [0.15, 0.2) is 48.5 Å². The molecule has 0 aliphatic rings. The molecule has 1 N–H and O–H groups in total. The van der Waals surface area contributed by atoms with Crippen molar-refractivity contribution in [1.82, 2.24) is 5.32 Å². The van der Waals surface area contributed by atoms with Crippen molar-refractivity contribution in [1.29, 1.82) is 0 Å². The molecule has 18 heavy (non-hydrogen) atoms. The van der Waals surface area contributed by atoms with Gasteiger partial charge in [-0.05, 0) is 37.6 Å². The van der Waals surface area contributed by atoms with E-state index in [1.165, 1.54) is 16.7 Å². The lowest BCUT2D eigenvalue weighted by Gasteiger charge is -2.17. The first kappa shape index (κ1) is 13.1. The molecule has 1 nitrogen and oxygen atoms in total. The van der Waals surface area contributed by atoms with E-state index in [9.17, 15) is 0 Å². The van der Waals surface area contributed by atoms with E-state index in [2.05, 4.69) is 42.6 Å². The number of hydrogen-bond acceptors (Lipinski definition) is 1. The molecule has 0 radical (unpaired) electrons. The van der Waals surface area contributed by atoms with Crippen molar-refractivity contribution in [3.05, 3.63) is 70.2 Å². The van der Waals surface area contributed by atoms with E-state index in [-0.39, 0.29) is 0 Å². The van der Waals surface area contributed by atoms with Gasteiger partial charge in [-0.15, -0.1) is 0 Å². The van der Waals surface area contributed by atoms with Crippen molar-refractivity contribution in [3.63, 3.8) is 0 Å². The van der Waals surface area contributed by atoms with Gasteiger partial charge in [0.15, 0.2) is 0 Å². The second-order valence-electron chi connectivity index (χ2n) is 4.55. The Morgan fingerprint density at radius 3 is 2.33 bits per heavy atom. The van der Waals surface area contributed by atoms with Crippen molar-refractivity contribution < 1.29 is 0 Å². The standard InChI is InChI=1S/C16H18ClN/c1-12-7-9-13(10-8-12)16(18-2)11-14-5-3-4-6-15(14)17/h3-10,16,18H,11H2,1-2H3. The number of hydrogen-bond donors (Lipinski definition) is 1. The molecule has 0 bridgehead atoms. The Kier molecular flexibility index (Phi) is 4.40. The molecular formula is C16H18ClN. The molecular weight excluding hydrogens is 242 g/mol. The number of likely N-dealkylation sites (N-methyl/N-ethyl adjacent to an activating group) is 1. The highest BCUT2D eigenvalue weighted by atomic mass is 35.5. The SMILES string of the molecule is CNC(Cc1ccccc1Cl)c1ccc(C)cc1. The predicted octanol–water partition coefficient (Wildman–Crippen LogP) is 4.15. The van der Waals surface area contributed by atoms with E-state index in [0.29, 0.717) is 6.04 Å². The summed E-state index contributed by atoms with van der Waals surface area (Å²) in [5.41, 5.74) is 3.76. The molecule has 0 fully saturated rings. The summed E-state index contributed by atoms with van der Waals surface area (Å²) >= 11 is 6.21. The molecule has 0 aromatic heterocycles. The molecule has 1 atom stereocenters. The molecule has 0 aliphatic carbocycles. The van der Waals surface area contributed by atoms with Gasteiger partial charge in [-0.2, -0.15) is 0 Å². The molecule has 0 heterocycles. The monoisotopic (exact) mass is 259 g/mol. The third kappa shape index (κ3) is 3.12. The summed E-state index contributed by atoms with van der Waals surface area (Å²) in [6, 6.07) is 17.0. The van der Waals surface area contributed by atoms with Crippen molar-refractivity contribution >= 4 is 11.6 Å². The van der Waals surface area contributed by atoms with Gasteiger partial charge < -0.3 is 5.32 Å². The highest BCUT2D eigenvalue weighted by Gasteiger charge is 2.11. The average molecular weight is 260 g/mol. The van der Waals surface area contributed by atoms with Crippen LogP contribution in [0, 0.1) is 6.92 Å². The first-order chi connectivity index (χ1) is 8.70. The molecule has 0 saturated carbocycles. The van der Waals surface area contributed by atoms with Crippen LogP contribution in [-0.4, -0.2) is 7.05 Å². The van der Waals surface area contributed by atoms with Crippen LogP contribution in [0.1, 0.15) is 22.7 Å². The van der Waals surface area contributed by atoms with E-state index < -0.39 is 0 Å². The minimum absolute atomic E-state index is 0.297. The fourth-order valence-corrected chi connectivity index (χ4v) is 2.28. The zero-order chi connectivity index (χ0) is 13.0. The molecule has 2 aromatic carbocycles. The van der Waals surface area contributed by atoms with Crippen molar-refractivity contribution in [2.75, 3.05) is 7.05 Å².